The molecule has 2 fully saturated rings. The Bertz CT molecular complexity index is 247. The lowest BCUT2D eigenvalue weighted by molar-refractivity contribution is -0.879. The van der Waals surface area contributed by atoms with Crippen molar-refractivity contribution in [2.24, 2.45) is 0 Å². The summed E-state index contributed by atoms with van der Waals surface area (Å²) in [6, 6.07) is 0. The monoisotopic (exact) mass is 197 g/mol. The van der Waals surface area contributed by atoms with E-state index >= 15 is 0 Å². The van der Waals surface area contributed by atoms with E-state index in [0.29, 0.717) is 19.5 Å². The third-order valence-corrected chi connectivity index (χ3v) is 3.09. The zero-order valence-electron chi connectivity index (χ0n) is 8.42. The molecule has 0 saturated carbocycles. The Morgan fingerprint density at radius 3 is 2.57 bits per heavy atom. The molecular formula is C10H17N2O2+. The first-order chi connectivity index (χ1) is 6.77. The summed E-state index contributed by atoms with van der Waals surface area (Å²) >= 11 is 0. The second-order valence-corrected chi connectivity index (χ2v) is 4.18. The van der Waals surface area contributed by atoms with Crippen LogP contribution in [0.15, 0.2) is 0 Å². The molecule has 0 bridgehead atoms. The van der Waals surface area contributed by atoms with Crippen LogP contribution < -0.4 is 4.90 Å². The molecule has 0 atom stereocenters. The minimum Gasteiger partial charge on any atom is -0.327 e. The van der Waals surface area contributed by atoms with Crippen LogP contribution in [0, 0.1) is 0 Å². The van der Waals surface area contributed by atoms with Gasteiger partial charge >= 0.3 is 0 Å². The summed E-state index contributed by atoms with van der Waals surface area (Å²) in [6.45, 7) is 3.35. The fraction of sp³-hybridized carbons (Fsp3) is 0.800. The van der Waals surface area contributed by atoms with Gasteiger partial charge in [0.05, 0.1) is 13.1 Å². The third-order valence-electron chi connectivity index (χ3n) is 3.09. The van der Waals surface area contributed by atoms with E-state index in [1.54, 1.807) is 0 Å². The summed E-state index contributed by atoms with van der Waals surface area (Å²) < 4.78 is 0. The van der Waals surface area contributed by atoms with Crippen molar-refractivity contribution in [1.82, 2.24) is 4.90 Å². The number of hydrogen-bond donors (Lipinski definition) is 1. The Morgan fingerprint density at radius 2 is 2.00 bits per heavy atom. The van der Waals surface area contributed by atoms with Gasteiger partial charge in [0.1, 0.15) is 0 Å². The molecule has 2 aliphatic rings. The number of rotatable bonds is 2. The SMILES string of the molecule is O=C1CCCN1C(=O)C[NH+]1CCCC1. The first kappa shape index (κ1) is 9.65. The highest BCUT2D eigenvalue weighted by Gasteiger charge is 2.29. The summed E-state index contributed by atoms with van der Waals surface area (Å²) in [6.07, 6.45) is 3.84. The molecule has 2 rings (SSSR count). The van der Waals surface area contributed by atoms with E-state index in [1.807, 2.05) is 0 Å². The molecule has 1 N–H and O–H groups in total. The summed E-state index contributed by atoms with van der Waals surface area (Å²) in [5.74, 6) is 0.0537. The molecule has 0 unspecified atom stereocenters. The van der Waals surface area contributed by atoms with Crippen LogP contribution in [0.1, 0.15) is 25.7 Å². The lowest BCUT2D eigenvalue weighted by atomic mass is 10.4. The van der Waals surface area contributed by atoms with Gasteiger partial charge in [-0.15, -0.1) is 0 Å². The molecule has 2 saturated heterocycles. The summed E-state index contributed by atoms with van der Waals surface area (Å²) in [5.41, 5.74) is 0. The predicted molar refractivity (Wildman–Crippen MR) is 50.8 cm³/mol. The Kier molecular flexibility index (Phi) is 2.82. The van der Waals surface area contributed by atoms with Gasteiger partial charge in [0.25, 0.3) is 5.91 Å². The predicted octanol–water partition coefficient (Wildman–Crippen LogP) is -1.19. The molecule has 0 aromatic rings. The van der Waals surface area contributed by atoms with Crippen molar-refractivity contribution < 1.29 is 14.5 Å². The molecule has 4 heteroatoms. The van der Waals surface area contributed by atoms with E-state index in [1.165, 1.54) is 22.6 Å². The molecule has 0 aromatic carbocycles. The fourth-order valence-corrected chi connectivity index (χ4v) is 2.27. The van der Waals surface area contributed by atoms with Crippen molar-refractivity contribution in [2.75, 3.05) is 26.2 Å². The number of imide groups is 1. The van der Waals surface area contributed by atoms with Gasteiger partial charge in [0.15, 0.2) is 6.54 Å². The number of carbonyl (C=O) groups is 2. The highest BCUT2D eigenvalue weighted by atomic mass is 16.2. The molecule has 0 spiro atoms. The van der Waals surface area contributed by atoms with Gasteiger partial charge in [0.2, 0.25) is 5.91 Å². The maximum Gasteiger partial charge on any atom is 0.284 e. The summed E-state index contributed by atoms with van der Waals surface area (Å²) in [7, 11) is 0. The Balaban J connectivity index is 1.85. The number of hydrogen-bond acceptors (Lipinski definition) is 2. The van der Waals surface area contributed by atoms with Crippen LogP contribution in [-0.2, 0) is 9.59 Å². The minimum absolute atomic E-state index is 0.0218. The van der Waals surface area contributed by atoms with Crippen molar-refractivity contribution in [3.8, 4) is 0 Å². The second-order valence-electron chi connectivity index (χ2n) is 4.18. The highest BCUT2D eigenvalue weighted by molar-refractivity contribution is 5.97. The number of amides is 2. The number of nitrogens with one attached hydrogen (secondary N) is 1. The second kappa shape index (κ2) is 4.09. The van der Waals surface area contributed by atoms with Crippen molar-refractivity contribution in [3.05, 3.63) is 0 Å². The average Bonchev–Trinajstić information content (AvgIpc) is 2.75. The van der Waals surface area contributed by atoms with Crippen LogP contribution in [0.3, 0.4) is 0 Å². The highest BCUT2D eigenvalue weighted by Crippen LogP contribution is 2.08. The average molecular weight is 197 g/mol. The van der Waals surface area contributed by atoms with Crippen LogP contribution in [0.5, 0.6) is 0 Å². The van der Waals surface area contributed by atoms with Crippen LogP contribution >= 0.6 is 0 Å². The van der Waals surface area contributed by atoms with E-state index in [0.717, 1.165) is 19.5 Å². The zero-order chi connectivity index (χ0) is 9.97. The number of nitrogens with zero attached hydrogens (tertiary/aromatic N) is 1. The van der Waals surface area contributed by atoms with Crippen LogP contribution in [0.25, 0.3) is 0 Å². The first-order valence-corrected chi connectivity index (χ1v) is 5.44. The van der Waals surface area contributed by atoms with Gasteiger partial charge in [-0.1, -0.05) is 0 Å². The van der Waals surface area contributed by atoms with E-state index in [4.69, 9.17) is 0 Å². The summed E-state index contributed by atoms with van der Waals surface area (Å²) in [4.78, 5) is 25.8. The van der Waals surface area contributed by atoms with Crippen molar-refractivity contribution in [1.29, 1.82) is 0 Å². The molecule has 0 aliphatic carbocycles. The smallest absolute Gasteiger partial charge is 0.284 e. The Labute approximate surface area is 83.9 Å². The third kappa shape index (κ3) is 1.95. The molecule has 2 amide bonds. The number of carbonyl (C=O) groups excluding carboxylic acids is 2. The topological polar surface area (TPSA) is 41.8 Å². The van der Waals surface area contributed by atoms with E-state index < -0.39 is 0 Å². The quantitative estimate of drug-likeness (QED) is 0.605. The van der Waals surface area contributed by atoms with Crippen molar-refractivity contribution >= 4 is 11.8 Å². The molecule has 78 valence electrons. The van der Waals surface area contributed by atoms with Crippen LogP contribution in [0.4, 0.5) is 0 Å². The van der Waals surface area contributed by atoms with Crippen LogP contribution in [0.2, 0.25) is 0 Å². The zero-order valence-corrected chi connectivity index (χ0v) is 8.42. The standard InChI is InChI=1S/C10H16N2O2/c13-9-4-3-7-12(9)10(14)8-11-5-1-2-6-11/h1-8H2/p+1. The Hall–Kier alpha value is -0.900. The van der Waals surface area contributed by atoms with Gasteiger partial charge in [-0.05, 0) is 6.42 Å². The summed E-state index contributed by atoms with van der Waals surface area (Å²) in [5, 5.41) is 0. The Morgan fingerprint density at radius 1 is 1.29 bits per heavy atom. The molecular weight excluding hydrogens is 180 g/mol. The van der Waals surface area contributed by atoms with Crippen molar-refractivity contribution in [3.63, 3.8) is 0 Å². The van der Waals surface area contributed by atoms with E-state index in [2.05, 4.69) is 0 Å². The fourth-order valence-electron chi connectivity index (χ4n) is 2.27. The normalized spacial score (nSPS) is 23.4. The lowest BCUT2D eigenvalue weighted by Gasteiger charge is -2.16. The van der Waals surface area contributed by atoms with Crippen molar-refractivity contribution in [2.45, 2.75) is 25.7 Å². The van der Waals surface area contributed by atoms with Gasteiger partial charge < -0.3 is 4.90 Å². The number of likely N-dealkylation sites (tertiary alicyclic amines) is 2. The number of quaternary nitrogens is 1. The largest absolute Gasteiger partial charge is 0.327 e. The van der Waals surface area contributed by atoms with Gasteiger partial charge in [-0.25, -0.2) is 0 Å². The van der Waals surface area contributed by atoms with Gasteiger partial charge in [0, 0.05) is 25.8 Å². The lowest BCUT2D eigenvalue weighted by Crippen LogP contribution is -3.11. The van der Waals surface area contributed by atoms with Gasteiger partial charge in [-0.3, -0.25) is 14.5 Å². The molecule has 2 heterocycles. The van der Waals surface area contributed by atoms with Crippen LogP contribution in [-0.4, -0.2) is 42.9 Å². The first-order valence-electron chi connectivity index (χ1n) is 5.44. The van der Waals surface area contributed by atoms with E-state index in [-0.39, 0.29) is 11.8 Å². The molecule has 0 radical (unpaired) electrons. The van der Waals surface area contributed by atoms with E-state index in [9.17, 15) is 9.59 Å². The van der Waals surface area contributed by atoms with Gasteiger partial charge in [-0.2, -0.15) is 0 Å². The minimum atomic E-state index is 0.0218. The maximum atomic E-state index is 11.7. The molecule has 4 nitrogen and oxygen atoms in total. The molecule has 0 aromatic heterocycles. The molecule has 2 aliphatic heterocycles. The molecule has 14 heavy (non-hydrogen) atoms. The maximum absolute atomic E-state index is 11.7.